The van der Waals surface area contributed by atoms with E-state index < -0.39 is 0 Å². The summed E-state index contributed by atoms with van der Waals surface area (Å²) in [6, 6.07) is 12.7. The van der Waals surface area contributed by atoms with Crippen LogP contribution in [0.3, 0.4) is 0 Å². The number of anilines is 1. The van der Waals surface area contributed by atoms with Crippen LogP contribution in [-0.2, 0) is 0 Å². The number of aromatic nitrogens is 3. The Hall–Kier alpha value is -2.86. The maximum absolute atomic E-state index is 12.6. The summed E-state index contributed by atoms with van der Waals surface area (Å²) >= 11 is 5.99. The fourth-order valence-electron chi connectivity index (χ4n) is 2.42. The van der Waals surface area contributed by atoms with Gasteiger partial charge >= 0.3 is 0 Å². The molecule has 0 spiro atoms. The average molecular weight is 357 g/mol. The van der Waals surface area contributed by atoms with Gasteiger partial charge < -0.3 is 10.1 Å². The highest BCUT2D eigenvalue weighted by molar-refractivity contribution is 6.31. The highest BCUT2D eigenvalue weighted by atomic mass is 35.5. The molecule has 0 aliphatic heterocycles. The number of aryl methyl sites for hydroxylation is 1. The zero-order valence-corrected chi connectivity index (χ0v) is 14.8. The molecule has 0 aliphatic rings. The molecule has 25 heavy (non-hydrogen) atoms. The Kier molecular flexibility index (Phi) is 4.72. The lowest BCUT2D eigenvalue weighted by atomic mass is 10.2. The van der Waals surface area contributed by atoms with Crippen LogP contribution in [0.5, 0.6) is 5.75 Å². The molecule has 7 heteroatoms. The zero-order valence-electron chi connectivity index (χ0n) is 14.1. The lowest BCUT2D eigenvalue weighted by Gasteiger charge is -2.08. The third-order valence-electron chi connectivity index (χ3n) is 3.87. The summed E-state index contributed by atoms with van der Waals surface area (Å²) in [6.45, 7) is 3.69. The second-order valence-electron chi connectivity index (χ2n) is 5.55. The largest absolute Gasteiger partial charge is 0.497 e. The highest BCUT2D eigenvalue weighted by Gasteiger charge is 2.18. The summed E-state index contributed by atoms with van der Waals surface area (Å²) in [4.78, 5) is 12.6. The molecule has 0 bridgehead atoms. The second-order valence-corrected chi connectivity index (χ2v) is 5.98. The van der Waals surface area contributed by atoms with E-state index in [1.54, 1.807) is 30.8 Å². The number of halogens is 1. The van der Waals surface area contributed by atoms with Gasteiger partial charge in [-0.2, -0.15) is 0 Å². The number of nitrogens with zero attached hydrogens (tertiary/aromatic N) is 3. The molecule has 0 saturated heterocycles. The first kappa shape index (κ1) is 17.0. The monoisotopic (exact) mass is 356 g/mol. The fourth-order valence-corrected chi connectivity index (χ4v) is 2.59. The molecule has 6 nitrogen and oxygen atoms in total. The van der Waals surface area contributed by atoms with E-state index in [9.17, 15) is 4.79 Å². The molecule has 1 heterocycles. The Balaban J connectivity index is 1.87. The predicted molar refractivity (Wildman–Crippen MR) is 96.8 cm³/mol. The van der Waals surface area contributed by atoms with Crippen molar-refractivity contribution in [3.05, 3.63) is 64.4 Å². The number of ether oxygens (including phenoxy) is 1. The Labute approximate surface area is 150 Å². The molecule has 1 amide bonds. The van der Waals surface area contributed by atoms with Crippen LogP contribution in [0.4, 0.5) is 5.69 Å². The number of carbonyl (C=O) groups excluding carboxylic acids is 1. The van der Waals surface area contributed by atoms with Crippen molar-refractivity contribution in [1.82, 2.24) is 15.0 Å². The van der Waals surface area contributed by atoms with Gasteiger partial charge in [-0.3, -0.25) is 4.79 Å². The van der Waals surface area contributed by atoms with Crippen LogP contribution in [0.15, 0.2) is 42.5 Å². The summed E-state index contributed by atoms with van der Waals surface area (Å²) in [5.41, 5.74) is 3.26. The first-order valence-electron chi connectivity index (χ1n) is 7.64. The van der Waals surface area contributed by atoms with Gasteiger partial charge in [0, 0.05) is 10.7 Å². The van der Waals surface area contributed by atoms with Crippen LogP contribution >= 0.6 is 11.6 Å². The predicted octanol–water partition coefficient (Wildman–Crippen LogP) is 3.80. The minimum absolute atomic E-state index is 0.259. The van der Waals surface area contributed by atoms with Crippen molar-refractivity contribution in [2.75, 3.05) is 12.4 Å². The van der Waals surface area contributed by atoms with Crippen molar-refractivity contribution in [3.63, 3.8) is 0 Å². The number of nitrogens with one attached hydrogen (secondary N) is 1. The maximum atomic E-state index is 12.6. The fraction of sp³-hybridized carbons (Fsp3) is 0.167. The zero-order chi connectivity index (χ0) is 18.0. The van der Waals surface area contributed by atoms with E-state index in [0.717, 1.165) is 17.0 Å². The normalized spacial score (nSPS) is 10.6. The van der Waals surface area contributed by atoms with Gasteiger partial charge in [0.1, 0.15) is 5.75 Å². The van der Waals surface area contributed by atoms with E-state index >= 15 is 0 Å². The number of rotatable bonds is 4. The molecule has 1 aromatic heterocycles. The van der Waals surface area contributed by atoms with Gasteiger partial charge in [0.2, 0.25) is 0 Å². The van der Waals surface area contributed by atoms with E-state index in [4.69, 9.17) is 16.3 Å². The van der Waals surface area contributed by atoms with E-state index in [1.165, 1.54) is 0 Å². The van der Waals surface area contributed by atoms with Gasteiger partial charge in [0.25, 0.3) is 5.91 Å². The number of hydrogen-bond donors (Lipinski definition) is 1. The highest BCUT2D eigenvalue weighted by Crippen LogP contribution is 2.22. The Morgan fingerprint density at radius 2 is 1.88 bits per heavy atom. The van der Waals surface area contributed by atoms with Gasteiger partial charge in [0.05, 0.1) is 18.5 Å². The van der Waals surface area contributed by atoms with E-state index in [1.807, 2.05) is 37.3 Å². The van der Waals surface area contributed by atoms with Crippen LogP contribution in [0.2, 0.25) is 5.02 Å². The third-order valence-corrected chi connectivity index (χ3v) is 4.11. The summed E-state index contributed by atoms with van der Waals surface area (Å²) < 4.78 is 6.76. The van der Waals surface area contributed by atoms with Crippen LogP contribution in [0.1, 0.15) is 21.7 Å². The molecule has 1 N–H and O–H groups in total. The molecule has 0 fully saturated rings. The van der Waals surface area contributed by atoms with Crippen molar-refractivity contribution >= 4 is 23.2 Å². The summed E-state index contributed by atoms with van der Waals surface area (Å²) in [5, 5.41) is 11.5. The van der Waals surface area contributed by atoms with Crippen molar-refractivity contribution in [2.24, 2.45) is 0 Å². The number of hydrogen-bond acceptors (Lipinski definition) is 4. The minimum Gasteiger partial charge on any atom is -0.497 e. The van der Waals surface area contributed by atoms with Gasteiger partial charge in [-0.1, -0.05) is 22.9 Å². The lowest BCUT2D eigenvalue weighted by Crippen LogP contribution is -2.15. The van der Waals surface area contributed by atoms with Crippen molar-refractivity contribution in [1.29, 1.82) is 0 Å². The first-order valence-corrected chi connectivity index (χ1v) is 8.01. The van der Waals surface area contributed by atoms with Gasteiger partial charge in [0.15, 0.2) is 5.69 Å². The molecular weight excluding hydrogens is 340 g/mol. The molecule has 0 atom stereocenters. The molecule has 0 saturated carbocycles. The van der Waals surface area contributed by atoms with Crippen molar-refractivity contribution in [3.8, 4) is 11.4 Å². The number of carbonyl (C=O) groups is 1. The molecule has 0 radical (unpaired) electrons. The smallest absolute Gasteiger partial charge is 0.278 e. The number of amides is 1. The topological polar surface area (TPSA) is 69.0 Å². The van der Waals surface area contributed by atoms with E-state index in [-0.39, 0.29) is 11.6 Å². The van der Waals surface area contributed by atoms with Gasteiger partial charge in [-0.15, -0.1) is 5.10 Å². The quantitative estimate of drug-likeness (QED) is 0.772. The lowest BCUT2D eigenvalue weighted by molar-refractivity contribution is 0.102. The summed E-state index contributed by atoms with van der Waals surface area (Å²) in [7, 11) is 1.61. The molecule has 3 rings (SSSR count). The van der Waals surface area contributed by atoms with Gasteiger partial charge in [-0.25, -0.2) is 4.68 Å². The Morgan fingerprint density at radius 1 is 1.16 bits per heavy atom. The standard InChI is InChI=1S/C18H17ClN4O2/c1-11-4-5-13(19)10-16(11)20-18(24)17-12(2)23(22-21-17)14-6-8-15(25-3)9-7-14/h4-10H,1-3H3,(H,20,24). The van der Waals surface area contributed by atoms with Crippen LogP contribution in [-0.4, -0.2) is 28.0 Å². The molecule has 0 aliphatic carbocycles. The SMILES string of the molecule is COc1ccc(-n2nnc(C(=O)Nc3cc(Cl)ccc3C)c2C)cc1. The van der Waals surface area contributed by atoms with Crippen molar-refractivity contribution in [2.45, 2.75) is 13.8 Å². The maximum Gasteiger partial charge on any atom is 0.278 e. The van der Waals surface area contributed by atoms with Crippen LogP contribution < -0.4 is 10.1 Å². The van der Waals surface area contributed by atoms with Crippen LogP contribution in [0, 0.1) is 13.8 Å². The van der Waals surface area contributed by atoms with Crippen molar-refractivity contribution < 1.29 is 9.53 Å². The molecule has 2 aromatic carbocycles. The van der Waals surface area contributed by atoms with Gasteiger partial charge in [-0.05, 0) is 55.8 Å². The summed E-state index contributed by atoms with van der Waals surface area (Å²) in [5.74, 6) is 0.415. The number of methoxy groups -OCH3 is 1. The first-order chi connectivity index (χ1) is 12.0. The minimum atomic E-state index is -0.331. The van der Waals surface area contributed by atoms with E-state index in [0.29, 0.717) is 16.4 Å². The molecular formula is C18H17ClN4O2. The molecule has 0 unspecified atom stereocenters. The third kappa shape index (κ3) is 3.49. The molecule has 3 aromatic rings. The average Bonchev–Trinajstić information content (AvgIpc) is 3.00. The molecule has 128 valence electrons. The second kappa shape index (κ2) is 6.94. The summed E-state index contributed by atoms with van der Waals surface area (Å²) in [6.07, 6.45) is 0. The van der Waals surface area contributed by atoms with Crippen LogP contribution in [0.25, 0.3) is 5.69 Å². The Morgan fingerprint density at radius 3 is 2.56 bits per heavy atom. The number of benzene rings is 2. The van der Waals surface area contributed by atoms with E-state index in [2.05, 4.69) is 15.6 Å². The Bertz CT molecular complexity index is 919.